The number of nitrogens with zero attached hydrogens (tertiary/aromatic N) is 2. The summed E-state index contributed by atoms with van der Waals surface area (Å²) in [5, 5.41) is 9.82. The Morgan fingerprint density at radius 3 is 2.54 bits per heavy atom. The third kappa shape index (κ3) is 3.78. The number of aryl methyl sites for hydroxylation is 2. The Bertz CT molecular complexity index is 1060. The topological polar surface area (TPSA) is 63.0 Å². The summed E-state index contributed by atoms with van der Waals surface area (Å²) in [7, 11) is 1.60. The lowest BCUT2D eigenvalue weighted by molar-refractivity contribution is -0.110. The maximum Gasteiger partial charge on any atom is 0.193 e. The van der Waals surface area contributed by atoms with E-state index in [1.807, 2.05) is 32.2 Å². The van der Waals surface area contributed by atoms with E-state index < -0.39 is 0 Å². The minimum absolute atomic E-state index is 0.0396. The van der Waals surface area contributed by atoms with Crippen LogP contribution in [0.5, 0.6) is 0 Å². The zero-order chi connectivity index (χ0) is 20.4. The Balaban J connectivity index is 2.05. The van der Waals surface area contributed by atoms with Crippen LogP contribution in [0.4, 0.5) is 0 Å². The van der Waals surface area contributed by atoms with E-state index in [9.17, 15) is 4.79 Å². The number of hydrogen-bond acceptors (Lipinski definition) is 5. The van der Waals surface area contributed by atoms with Gasteiger partial charge in [0.05, 0.1) is 23.9 Å². The van der Waals surface area contributed by atoms with Gasteiger partial charge in [-0.25, -0.2) is 4.98 Å². The predicted molar refractivity (Wildman–Crippen MR) is 116 cm³/mol. The van der Waals surface area contributed by atoms with Gasteiger partial charge in [0.15, 0.2) is 5.78 Å². The summed E-state index contributed by atoms with van der Waals surface area (Å²) in [4.78, 5) is 17.7. The number of hydrogen-bond donors (Lipinski definition) is 0. The molecule has 28 heavy (non-hydrogen) atoms. The summed E-state index contributed by atoms with van der Waals surface area (Å²) in [6.07, 6.45) is 4.09. The van der Waals surface area contributed by atoms with Crippen LogP contribution in [0, 0.1) is 25.2 Å². The van der Waals surface area contributed by atoms with Gasteiger partial charge in [-0.05, 0) is 67.1 Å². The first-order valence-corrected chi connectivity index (χ1v) is 10.7. The van der Waals surface area contributed by atoms with Gasteiger partial charge in [0.1, 0.15) is 16.9 Å². The molecule has 6 heteroatoms. The number of carbonyl (C=O) groups excluding carboxylic acids is 1. The summed E-state index contributed by atoms with van der Waals surface area (Å²) < 4.78 is 6.56. The fraction of sp³-hybridized carbons (Fsp3) is 0.227. The number of methoxy groups -OCH3 is 1. The number of carbonyl (C=O) groups is 1. The maximum absolute atomic E-state index is 13.2. The summed E-state index contributed by atoms with van der Waals surface area (Å²) in [6.45, 7) is 3.99. The molecule has 0 amide bonds. The molecule has 0 atom stereocenters. The molecule has 0 unspecified atom stereocenters. The van der Waals surface area contributed by atoms with Crippen molar-refractivity contribution < 1.29 is 9.53 Å². The van der Waals surface area contributed by atoms with E-state index in [0.29, 0.717) is 39.6 Å². The van der Waals surface area contributed by atoms with Gasteiger partial charge in [0, 0.05) is 16.5 Å². The lowest BCUT2D eigenvalue weighted by atomic mass is 9.93. The Morgan fingerprint density at radius 2 is 1.96 bits per heavy atom. The smallest absolute Gasteiger partial charge is 0.193 e. The van der Waals surface area contributed by atoms with Crippen molar-refractivity contribution in [3.8, 4) is 6.07 Å². The predicted octanol–water partition coefficient (Wildman–Crippen LogP) is 5.47. The zero-order valence-corrected chi connectivity index (χ0v) is 18.5. The number of thioether (sulfide) groups is 1. The molecular formula is C22H19BrN2O2S. The molecule has 0 spiro atoms. The lowest BCUT2D eigenvalue weighted by Crippen LogP contribution is -2.04. The number of allylic oxidation sites excluding steroid dienone is 2. The molecule has 0 radical (unpaired) electrons. The highest BCUT2D eigenvalue weighted by Crippen LogP contribution is 2.39. The van der Waals surface area contributed by atoms with Crippen LogP contribution in [-0.2, 0) is 9.53 Å². The minimum Gasteiger partial charge on any atom is -0.500 e. The number of ether oxygens (including phenoxy) is 1. The third-order valence-electron chi connectivity index (χ3n) is 4.66. The number of halogens is 1. The Labute approximate surface area is 177 Å². The molecule has 0 fully saturated rings. The largest absolute Gasteiger partial charge is 0.500 e. The molecule has 0 bridgehead atoms. The van der Waals surface area contributed by atoms with Crippen molar-refractivity contribution in [2.24, 2.45) is 0 Å². The molecular weight excluding hydrogens is 436 g/mol. The van der Waals surface area contributed by atoms with E-state index in [-0.39, 0.29) is 5.78 Å². The molecule has 1 aliphatic carbocycles. The van der Waals surface area contributed by atoms with E-state index in [4.69, 9.17) is 10.00 Å². The van der Waals surface area contributed by atoms with Gasteiger partial charge in [-0.15, -0.1) is 11.8 Å². The summed E-state index contributed by atoms with van der Waals surface area (Å²) in [5.41, 5.74) is 5.41. The highest BCUT2D eigenvalue weighted by Gasteiger charge is 2.32. The molecule has 3 rings (SSSR count). The van der Waals surface area contributed by atoms with Crippen LogP contribution < -0.4 is 0 Å². The fourth-order valence-corrected chi connectivity index (χ4v) is 4.65. The van der Waals surface area contributed by atoms with Crippen LogP contribution in [-0.4, -0.2) is 24.1 Å². The summed E-state index contributed by atoms with van der Waals surface area (Å²) >= 11 is 4.92. The Hall–Kier alpha value is -2.36. The third-order valence-corrected chi connectivity index (χ3v) is 5.82. The van der Waals surface area contributed by atoms with E-state index in [0.717, 1.165) is 21.2 Å². The van der Waals surface area contributed by atoms with Crippen molar-refractivity contribution in [1.82, 2.24) is 4.98 Å². The second-order valence-corrected chi connectivity index (χ2v) is 8.21. The van der Waals surface area contributed by atoms with Crippen LogP contribution in [0.1, 0.15) is 34.4 Å². The first-order valence-electron chi connectivity index (χ1n) is 8.64. The van der Waals surface area contributed by atoms with Crippen LogP contribution >= 0.6 is 27.7 Å². The van der Waals surface area contributed by atoms with Crippen molar-refractivity contribution in [3.05, 3.63) is 68.0 Å². The number of rotatable bonds is 4. The number of ketones is 1. The number of aromatic nitrogens is 1. The van der Waals surface area contributed by atoms with Gasteiger partial charge in [0.2, 0.25) is 0 Å². The van der Waals surface area contributed by atoms with Crippen molar-refractivity contribution in [2.45, 2.75) is 25.3 Å². The molecule has 1 aromatic carbocycles. The first kappa shape index (κ1) is 20.4. The highest BCUT2D eigenvalue weighted by molar-refractivity contribution is 9.10. The van der Waals surface area contributed by atoms with E-state index >= 15 is 0 Å². The molecule has 2 aromatic rings. The quantitative estimate of drug-likeness (QED) is 0.452. The summed E-state index contributed by atoms with van der Waals surface area (Å²) in [6, 6.07) is 9.64. The van der Waals surface area contributed by atoms with Gasteiger partial charge in [-0.1, -0.05) is 15.9 Å². The second-order valence-electron chi connectivity index (χ2n) is 6.50. The van der Waals surface area contributed by atoms with Crippen LogP contribution in [0.25, 0.3) is 11.6 Å². The van der Waals surface area contributed by atoms with Gasteiger partial charge in [-0.2, -0.15) is 5.26 Å². The van der Waals surface area contributed by atoms with Crippen molar-refractivity contribution in [3.63, 3.8) is 0 Å². The van der Waals surface area contributed by atoms with Gasteiger partial charge in [-0.3, -0.25) is 4.79 Å². The van der Waals surface area contributed by atoms with Crippen molar-refractivity contribution >= 4 is 45.1 Å². The average molecular weight is 455 g/mol. The lowest BCUT2D eigenvalue weighted by Gasteiger charge is -2.12. The van der Waals surface area contributed by atoms with Crippen molar-refractivity contribution in [2.75, 3.05) is 13.4 Å². The number of Topliss-reactive ketones (excluding diaryl/α,β-unsaturated/α-hetero) is 1. The summed E-state index contributed by atoms with van der Waals surface area (Å²) in [5.74, 6) is 0.630. The molecule has 0 saturated carbocycles. The number of benzene rings is 1. The average Bonchev–Trinajstić information content (AvgIpc) is 2.96. The second kappa shape index (κ2) is 8.34. The molecule has 0 N–H and O–H groups in total. The Kier molecular flexibility index (Phi) is 6.07. The molecule has 1 aliphatic rings. The molecule has 4 nitrogen and oxygen atoms in total. The molecule has 0 saturated heterocycles. The van der Waals surface area contributed by atoms with Gasteiger partial charge in [0.25, 0.3) is 0 Å². The normalized spacial score (nSPS) is 15.3. The minimum atomic E-state index is -0.0396. The van der Waals surface area contributed by atoms with Crippen LogP contribution in [0.2, 0.25) is 0 Å². The maximum atomic E-state index is 13.2. The van der Waals surface area contributed by atoms with Gasteiger partial charge >= 0.3 is 0 Å². The van der Waals surface area contributed by atoms with E-state index in [1.165, 1.54) is 11.8 Å². The van der Waals surface area contributed by atoms with E-state index in [2.05, 4.69) is 27.0 Å². The first-order chi connectivity index (χ1) is 13.4. The Morgan fingerprint density at radius 1 is 1.29 bits per heavy atom. The van der Waals surface area contributed by atoms with Crippen molar-refractivity contribution in [1.29, 1.82) is 5.26 Å². The molecule has 1 aromatic heterocycles. The standard InChI is InChI=1S/C22H19BrN2O2S/c1-12-7-16(23)8-13(2)19(12)20-18(27-3)10-15(21(20)26)9-17-6-5-14(11-24)22(25-17)28-4/h5-9H,10H2,1-4H3/b15-9+. The number of pyridine rings is 1. The monoisotopic (exact) mass is 454 g/mol. The van der Waals surface area contributed by atoms with E-state index in [1.54, 1.807) is 25.3 Å². The highest BCUT2D eigenvalue weighted by atomic mass is 79.9. The zero-order valence-electron chi connectivity index (χ0n) is 16.1. The molecule has 0 aliphatic heterocycles. The van der Waals surface area contributed by atoms with Crippen LogP contribution in [0.15, 0.2) is 45.1 Å². The molecule has 1 heterocycles. The fourth-order valence-electron chi connectivity index (χ4n) is 3.43. The SMILES string of the molecule is COC1=C(c2c(C)cc(Br)cc2C)C(=O)/C(=C/c2ccc(C#N)c(SC)n2)C1. The molecule has 142 valence electrons. The number of nitriles is 1. The van der Waals surface area contributed by atoms with Gasteiger partial charge < -0.3 is 4.74 Å². The van der Waals surface area contributed by atoms with Crippen LogP contribution in [0.3, 0.4) is 0 Å².